The summed E-state index contributed by atoms with van der Waals surface area (Å²) in [6.45, 7) is 2.71. The van der Waals surface area contributed by atoms with Crippen LogP contribution in [-0.4, -0.2) is 41.7 Å². The summed E-state index contributed by atoms with van der Waals surface area (Å²) in [6, 6.07) is 3.45. The van der Waals surface area contributed by atoms with Crippen molar-refractivity contribution in [2.45, 2.75) is 17.1 Å². The number of nitrogens with zero attached hydrogens (tertiary/aromatic N) is 2. The minimum atomic E-state index is -3.80. The molecule has 20 heavy (non-hydrogen) atoms. The molecule has 0 N–H and O–H groups in total. The van der Waals surface area contributed by atoms with Crippen LogP contribution in [0.25, 0.3) is 0 Å². The van der Waals surface area contributed by atoms with Gasteiger partial charge in [0.25, 0.3) is 5.69 Å². The summed E-state index contributed by atoms with van der Waals surface area (Å²) in [5.74, 6) is 0.701. The van der Waals surface area contributed by atoms with Crippen LogP contribution in [0.3, 0.4) is 0 Å². The third-order valence-electron chi connectivity index (χ3n) is 2.95. The number of hydrogen-bond acceptors (Lipinski definition) is 5. The number of thioether (sulfide) groups is 1. The number of sulfonamides is 1. The maximum absolute atomic E-state index is 12.5. The first-order valence-corrected chi connectivity index (χ1v) is 8.75. The standard InChI is InChI=1S/C11H13ClN2O4S2/c1-8-7-13(4-5-19-8)20(17,18)11-6-9(14(15)16)2-3-10(11)12/h2-3,6,8H,4-5,7H2,1H3. The van der Waals surface area contributed by atoms with Gasteiger partial charge in [-0.05, 0) is 6.07 Å². The molecule has 0 spiro atoms. The molecule has 0 bridgehead atoms. The van der Waals surface area contributed by atoms with Gasteiger partial charge < -0.3 is 0 Å². The summed E-state index contributed by atoms with van der Waals surface area (Å²) in [4.78, 5) is 9.93. The van der Waals surface area contributed by atoms with Crippen LogP contribution < -0.4 is 0 Å². The van der Waals surface area contributed by atoms with Crippen LogP contribution in [0.15, 0.2) is 23.1 Å². The Morgan fingerprint density at radius 2 is 2.20 bits per heavy atom. The largest absolute Gasteiger partial charge is 0.270 e. The molecule has 1 aliphatic heterocycles. The first-order chi connectivity index (χ1) is 9.32. The Labute approximate surface area is 126 Å². The number of non-ortho nitro benzene ring substituents is 1. The van der Waals surface area contributed by atoms with E-state index in [1.165, 1.54) is 16.4 Å². The van der Waals surface area contributed by atoms with E-state index in [-0.39, 0.29) is 20.9 Å². The van der Waals surface area contributed by atoms with Gasteiger partial charge in [-0.1, -0.05) is 18.5 Å². The van der Waals surface area contributed by atoms with E-state index in [0.717, 1.165) is 6.07 Å². The van der Waals surface area contributed by atoms with Gasteiger partial charge in [0.1, 0.15) is 4.90 Å². The number of nitro benzene ring substituents is 1. The second kappa shape index (κ2) is 5.88. The fourth-order valence-electron chi connectivity index (χ4n) is 1.95. The van der Waals surface area contributed by atoms with E-state index in [2.05, 4.69) is 0 Å². The Morgan fingerprint density at radius 1 is 1.50 bits per heavy atom. The predicted molar refractivity (Wildman–Crippen MR) is 78.8 cm³/mol. The van der Waals surface area contributed by atoms with Gasteiger partial charge in [-0.15, -0.1) is 0 Å². The molecular formula is C11H13ClN2O4S2. The van der Waals surface area contributed by atoms with Gasteiger partial charge in [0, 0.05) is 36.2 Å². The minimum absolute atomic E-state index is 0.00137. The molecule has 1 unspecified atom stereocenters. The molecule has 1 aromatic carbocycles. The molecule has 1 heterocycles. The fourth-order valence-corrected chi connectivity index (χ4v) is 5.19. The molecule has 1 aromatic rings. The highest BCUT2D eigenvalue weighted by Gasteiger charge is 2.31. The zero-order chi connectivity index (χ0) is 14.9. The molecular weight excluding hydrogens is 324 g/mol. The number of hydrogen-bond donors (Lipinski definition) is 0. The Hall–Kier alpha value is -0.830. The number of nitro groups is 1. The molecule has 1 aliphatic rings. The Kier molecular flexibility index (Phi) is 4.58. The van der Waals surface area contributed by atoms with Crippen LogP contribution in [0.2, 0.25) is 5.02 Å². The molecule has 9 heteroatoms. The lowest BCUT2D eigenvalue weighted by atomic mass is 10.3. The predicted octanol–water partition coefficient (Wildman–Crippen LogP) is 2.37. The van der Waals surface area contributed by atoms with Crippen LogP contribution in [0.5, 0.6) is 0 Å². The summed E-state index contributed by atoms with van der Waals surface area (Å²) in [5.41, 5.74) is -0.285. The van der Waals surface area contributed by atoms with Crippen LogP contribution in [0.4, 0.5) is 5.69 Å². The molecule has 0 aliphatic carbocycles. The van der Waals surface area contributed by atoms with Crippen molar-refractivity contribution in [2.75, 3.05) is 18.8 Å². The molecule has 6 nitrogen and oxygen atoms in total. The monoisotopic (exact) mass is 336 g/mol. The van der Waals surface area contributed by atoms with Crippen molar-refractivity contribution in [3.8, 4) is 0 Å². The van der Waals surface area contributed by atoms with E-state index in [1.807, 2.05) is 6.92 Å². The van der Waals surface area contributed by atoms with Gasteiger partial charge in [0.2, 0.25) is 10.0 Å². The van der Waals surface area contributed by atoms with Crippen molar-refractivity contribution < 1.29 is 13.3 Å². The van der Waals surface area contributed by atoms with Crippen molar-refractivity contribution in [1.29, 1.82) is 0 Å². The maximum atomic E-state index is 12.5. The van der Waals surface area contributed by atoms with Crippen molar-refractivity contribution >= 4 is 39.1 Å². The normalized spacial score (nSPS) is 20.8. The molecule has 1 saturated heterocycles. The van der Waals surface area contributed by atoms with E-state index >= 15 is 0 Å². The third kappa shape index (κ3) is 3.08. The quantitative estimate of drug-likeness (QED) is 0.625. The van der Waals surface area contributed by atoms with Crippen LogP contribution in [0, 0.1) is 10.1 Å². The lowest BCUT2D eigenvalue weighted by Gasteiger charge is -2.29. The van der Waals surface area contributed by atoms with Gasteiger partial charge in [0.15, 0.2) is 0 Å². The Balaban J connectivity index is 2.43. The smallest absolute Gasteiger partial charge is 0.258 e. The topological polar surface area (TPSA) is 80.5 Å². The van der Waals surface area contributed by atoms with Crippen LogP contribution in [-0.2, 0) is 10.0 Å². The SMILES string of the molecule is CC1CN(S(=O)(=O)c2cc([N+](=O)[O-])ccc2Cl)CCS1. The summed E-state index contributed by atoms with van der Waals surface area (Å²) in [5, 5.41) is 11.0. The number of benzene rings is 1. The average Bonchev–Trinajstić information content (AvgIpc) is 2.38. The molecule has 2 rings (SSSR count). The minimum Gasteiger partial charge on any atom is -0.258 e. The Morgan fingerprint density at radius 3 is 2.80 bits per heavy atom. The average molecular weight is 337 g/mol. The molecule has 0 amide bonds. The maximum Gasteiger partial charge on any atom is 0.270 e. The van der Waals surface area contributed by atoms with Gasteiger partial charge in [-0.2, -0.15) is 16.1 Å². The van der Waals surface area contributed by atoms with E-state index in [1.54, 1.807) is 11.8 Å². The molecule has 1 fully saturated rings. The molecule has 110 valence electrons. The Bertz CT molecular complexity index is 635. The van der Waals surface area contributed by atoms with Crippen molar-refractivity contribution in [3.05, 3.63) is 33.3 Å². The van der Waals surface area contributed by atoms with Gasteiger partial charge in [-0.25, -0.2) is 8.42 Å². The lowest BCUT2D eigenvalue weighted by molar-refractivity contribution is -0.385. The van der Waals surface area contributed by atoms with E-state index < -0.39 is 14.9 Å². The summed E-state index contributed by atoms with van der Waals surface area (Å²) >= 11 is 7.61. The van der Waals surface area contributed by atoms with Gasteiger partial charge in [0.05, 0.1) is 9.95 Å². The van der Waals surface area contributed by atoms with E-state index in [9.17, 15) is 18.5 Å². The highest BCUT2D eigenvalue weighted by molar-refractivity contribution is 8.00. The van der Waals surface area contributed by atoms with Gasteiger partial charge >= 0.3 is 0 Å². The summed E-state index contributed by atoms with van der Waals surface area (Å²) < 4.78 is 26.4. The second-order valence-electron chi connectivity index (χ2n) is 4.42. The van der Waals surface area contributed by atoms with Gasteiger partial charge in [-0.3, -0.25) is 10.1 Å². The lowest BCUT2D eigenvalue weighted by Crippen LogP contribution is -2.41. The zero-order valence-electron chi connectivity index (χ0n) is 10.7. The molecule has 0 saturated carbocycles. The highest BCUT2D eigenvalue weighted by Crippen LogP contribution is 2.31. The fraction of sp³-hybridized carbons (Fsp3) is 0.455. The molecule has 1 atom stereocenters. The molecule has 0 aromatic heterocycles. The second-order valence-corrected chi connectivity index (χ2v) is 8.28. The van der Waals surface area contributed by atoms with Crippen molar-refractivity contribution in [2.24, 2.45) is 0 Å². The summed E-state index contributed by atoms with van der Waals surface area (Å²) in [6.07, 6.45) is 0. The number of rotatable bonds is 3. The summed E-state index contributed by atoms with van der Waals surface area (Å²) in [7, 11) is -3.80. The zero-order valence-corrected chi connectivity index (χ0v) is 13.0. The first kappa shape index (κ1) is 15.6. The van der Waals surface area contributed by atoms with E-state index in [4.69, 9.17) is 11.6 Å². The van der Waals surface area contributed by atoms with Crippen LogP contribution in [0.1, 0.15) is 6.92 Å². The number of halogens is 1. The first-order valence-electron chi connectivity index (χ1n) is 5.88. The van der Waals surface area contributed by atoms with Crippen molar-refractivity contribution in [3.63, 3.8) is 0 Å². The van der Waals surface area contributed by atoms with Crippen LogP contribution >= 0.6 is 23.4 Å². The van der Waals surface area contributed by atoms with Crippen molar-refractivity contribution in [1.82, 2.24) is 4.31 Å². The highest BCUT2D eigenvalue weighted by atomic mass is 35.5. The third-order valence-corrected chi connectivity index (χ3v) is 6.43. The van der Waals surface area contributed by atoms with E-state index in [0.29, 0.717) is 18.8 Å². The molecule has 0 radical (unpaired) electrons.